The van der Waals surface area contributed by atoms with Gasteiger partial charge in [0.1, 0.15) is 5.60 Å². The molecule has 2 aliphatic heterocycles. The molecule has 2 aliphatic rings. The minimum absolute atomic E-state index is 0.00181. The van der Waals surface area contributed by atoms with Crippen molar-refractivity contribution in [2.45, 2.75) is 51.9 Å². The van der Waals surface area contributed by atoms with Gasteiger partial charge in [-0.2, -0.15) is 11.8 Å². The van der Waals surface area contributed by atoms with Gasteiger partial charge in [0.05, 0.1) is 11.5 Å². The molecule has 0 spiro atoms. The number of nitrogens with zero attached hydrogens (tertiary/aromatic N) is 1. The number of ether oxygens (including phenoxy) is 1. The molecule has 0 amide bonds. The smallest absolute Gasteiger partial charge is 0.171 e. The number of ketones is 1. The molecule has 0 N–H and O–H groups in total. The molecule has 18 heavy (non-hydrogen) atoms. The van der Waals surface area contributed by atoms with Gasteiger partial charge >= 0.3 is 0 Å². The maximum Gasteiger partial charge on any atom is 0.171 e. The van der Waals surface area contributed by atoms with Gasteiger partial charge in [0, 0.05) is 30.6 Å². The molecular formula is C14H25NO2S. The zero-order valence-electron chi connectivity index (χ0n) is 12.2. The second-order valence-corrected chi connectivity index (χ2v) is 7.70. The van der Waals surface area contributed by atoms with Crippen molar-refractivity contribution in [3.05, 3.63) is 0 Å². The summed E-state index contributed by atoms with van der Waals surface area (Å²) in [7, 11) is 0. The number of hydrogen-bond donors (Lipinski definition) is 0. The zero-order valence-corrected chi connectivity index (χ0v) is 13.0. The van der Waals surface area contributed by atoms with E-state index in [0.29, 0.717) is 6.04 Å². The molecule has 2 heterocycles. The normalized spacial score (nSPS) is 35.9. The van der Waals surface area contributed by atoms with Crippen LogP contribution in [0, 0.1) is 5.92 Å². The quantitative estimate of drug-likeness (QED) is 0.770. The lowest BCUT2D eigenvalue weighted by Gasteiger charge is -2.36. The lowest BCUT2D eigenvalue weighted by atomic mass is 9.85. The van der Waals surface area contributed by atoms with Crippen LogP contribution in [0.15, 0.2) is 0 Å². The van der Waals surface area contributed by atoms with Gasteiger partial charge in [-0.3, -0.25) is 9.69 Å². The molecule has 4 heteroatoms. The van der Waals surface area contributed by atoms with Crippen molar-refractivity contribution < 1.29 is 9.53 Å². The second kappa shape index (κ2) is 4.80. The Hall–Kier alpha value is -0.0600. The molecule has 2 unspecified atom stereocenters. The number of thioether (sulfide) groups is 1. The average molecular weight is 271 g/mol. The van der Waals surface area contributed by atoms with Crippen molar-refractivity contribution in [1.29, 1.82) is 0 Å². The van der Waals surface area contributed by atoms with E-state index >= 15 is 0 Å². The van der Waals surface area contributed by atoms with E-state index in [2.05, 4.69) is 11.8 Å². The molecule has 0 saturated carbocycles. The Balaban J connectivity index is 2.10. The van der Waals surface area contributed by atoms with Crippen molar-refractivity contribution in [2.75, 3.05) is 24.6 Å². The van der Waals surface area contributed by atoms with Gasteiger partial charge in [0.25, 0.3) is 0 Å². The highest BCUT2D eigenvalue weighted by Crippen LogP contribution is 2.40. The van der Waals surface area contributed by atoms with E-state index in [1.165, 1.54) is 11.5 Å². The average Bonchev–Trinajstić information content (AvgIpc) is 2.39. The summed E-state index contributed by atoms with van der Waals surface area (Å²) in [6.45, 7) is 12.1. The summed E-state index contributed by atoms with van der Waals surface area (Å²) in [5, 5.41) is 0. The molecule has 0 aromatic rings. The molecule has 0 bridgehead atoms. The predicted molar refractivity (Wildman–Crippen MR) is 76.1 cm³/mol. The fraction of sp³-hybridized carbons (Fsp3) is 0.929. The van der Waals surface area contributed by atoms with Gasteiger partial charge in [-0.05, 0) is 34.6 Å². The molecule has 2 atom stereocenters. The summed E-state index contributed by atoms with van der Waals surface area (Å²) in [6, 6.07) is 0.566. The molecule has 2 rings (SSSR count). The molecule has 0 radical (unpaired) electrons. The van der Waals surface area contributed by atoms with Crippen LogP contribution in [0.5, 0.6) is 0 Å². The topological polar surface area (TPSA) is 29.5 Å². The summed E-state index contributed by atoms with van der Waals surface area (Å²) in [4.78, 5) is 14.9. The standard InChI is InChI=1S/C14H25NO2S/c1-10-9-18-7-6-15(10)8-11-12(16)14(4,5)17-13(11,2)3/h10-11H,6-9H2,1-5H3. The van der Waals surface area contributed by atoms with E-state index < -0.39 is 5.60 Å². The SMILES string of the molecule is CC1CSCCN1CC1C(=O)C(C)(C)OC1(C)C. The highest BCUT2D eigenvalue weighted by molar-refractivity contribution is 7.99. The van der Waals surface area contributed by atoms with Gasteiger partial charge < -0.3 is 4.74 Å². The van der Waals surface area contributed by atoms with Crippen LogP contribution in [-0.4, -0.2) is 52.5 Å². The summed E-state index contributed by atoms with van der Waals surface area (Å²) >= 11 is 2.01. The van der Waals surface area contributed by atoms with E-state index in [0.717, 1.165) is 13.1 Å². The lowest BCUT2D eigenvalue weighted by molar-refractivity contribution is -0.132. The van der Waals surface area contributed by atoms with Crippen LogP contribution in [0.25, 0.3) is 0 Å². The summed E-state index contributed by atoms with van der Waals surface area (Å²) in [6.07, 6.45) is 0. The molecular weight excluding hydrogens is 246 g/mol. The Labute approximate surface area is 115 Å². The fourth-order valence-electron chi connectivity index (χ4n) is 3.08. The minimum Gasteiger partial charge on any atom is -0.361 e. The van der Waals surface area contributed by atoms with E-state index in [4.69, 9.17) is 4.74 Å². The van der Waals surface area contributed by atoms with Crippen LogP contribution in [0.2, 0.25) is 0 Å². The summed E-state index contributed by atoms with van der Waals surface area (Å²) in [5.74, 6) is 2.61. The van der Waals surface area contributed by atoms with Crippen LogP contribution >= 0.6 is 11.8 Å². The number of carbonyl (C=O) groups excluding carboxylic acids is 1. The Bertz CT molecular complexity index is 341. The Morgan fingerprint density at radius 1 is 1.39 bits per heavy atom. The predicted octanol–water partition coefficient (Wildman–Crippen LogP) is 2.20. The largest absolute Gasteiger partial charge is 0.361 e. The van der Waals surface area contributed by atoms with Crippen LogP contribution in [-0.2, 0) is 9.53 Å². The van der Waals surface area contributed by atoms with Crippen molar-refractivity contribution in [3.63, 3.8) is 0 Å². The van der Waals surface area contributed by atoms with Crippen LogP contribution in [0.4, 0.5) is 0 Å². The summed E-state index contributed by atoms with van der Waals surface area (Å²) < 4.78 is 5.96. The van der Waals surface area contributed by atoms with E-state index in [9.17, 15) is 4.79 Å². The first kappa shape index (κ1) is 14.4. The van der Waals surface area contributed by atoms with Crippen molar-refractivity contribution in [3.8, 4) is 0 Å². The van der Waals surface area contributed by atoms with Crippen molar-refractivity contribution in [1.82, 2.24) is 4.90 Å². The molecule has 0 aliphatic carbocycles. The van der Waals surface area contributed by atoms with Gasteiger partial charge in [-0.1, -0.05) is 0 Å². The highest BCUT2D eigenvalue weighted by atomic mass is 32.2. The van der Waals surface area contributed by atoms with Crippen LogP contribution < -0.4 is 0 Å². The van der Waals surface area contributed by atoms with E-state index in [1.54, 1.807) is 0 Å². The lowest BCUT2D eigenvalue weighted by Crippen LogP contribution is -2.47. The number of hydrogen-bond acceptors (Lipinski definition) is 4. The third-order valence-electron chi connectivity index (χ3n) is 4.19. The summed E-state index contributed by atoms with van der Waals surface area (Å²) in [5.41, 5.74) is -0.965. The van der Waals surface area contributed by atoms with Gasteiger partial charge in [0.15, 0.2) is 5.78 Å². The Morgan fingerprint density at radius 2 is 2.06 bits per heavy atom. The van der Waals surface area contributed by atoms with Gasteiger partial charge in [0.2, 0.25) is 0 Å². The molecule has 2 saturated heterocycles. The van der Waals surface area contributed by atoms with Crippen molar-refractivity contribution in [2.24, 2.45) is 5.92 Å². The maximum absolute atomic E-state index is 12.5. The van der Waals surface area contributed by atoms with E-state index in [1.807, 2.05) is 39.5 Å². The first-order chi connectivity index (χ1) is 8.24. The Morgan fingerprint density at radius 3 is 2.56 bits per heavy atom. The fourth-order valence-corrected chi connectivity index (χ4v) is 4.17. The number of carbonyl (C=O) groups is 1. The third-order valence-corrected chi connectivity index (χ3v) is 5.38. The van der Waals surface area contributed by atoms with E-state index in [-0.39, 0.29) is 17.3 Å². The molecule has 3 nitrogen and oxygen atoms in total. The van der Waals surface area contributed by atoms with Crippen LogP contribution in [0.1, 0.15) is 34.6 Å². The van der Waals surface area contributed by atoms with Gasteiger partial charge in [-0.25, -0.2) is 0 Å². The van der Waals surface area contributed by atoms with Gasteiger partial charge in [-0.15, -0.1) is 0 Å². The Kier molecular flexibility index (Phi) is 3.83. The second-order valence-electron chi connectivity index (χ2n) is 6.55. The first-order valence-corrected chi connectivity index (χ1v) is 7.96. The molecule has 0 aromatic carbocycles. The molecule has 104 valence electrons. The zero-order chi connectivity index (χ0) is 13.6. The van der Waals surface area contributed by atoms with Crippen molar-refractivity contribution >= 4 is 17.5 Å². The molecule has 2 fully saturated rings. The monoisotopic (exact) mass is 271 g/mol. The number of Topliss-reactive ketones (excluding diaryl/α,β-unsaturated/α-hetero) is 1. The van der Waals surface area contributed by atoms with Crippen LogP contribution in [0.3, 0.4) is 0 Å². The number of rotatable bonds is 2. The third kappa shape index (κ3) is 2.61. The first-order valence-electron chi connectivity index (χ1n) is 6.80. The molecule has 0 aromatic heterocycles. The minimum atomic E-state index is -0.623. The highest BCUT2D eigenvalue weighted by Gasteiger charge is 2.53. The maximum atomic E-state index is 12.5.